The first-order chi connectivity index (χ1) is 14.5. The van der Waals surface area contributed by atoms with Crippen LogP contribution in [0.2, 0.25) is 0 Å². The average Bonchev–Trinajstić information content (AvgIpc) is 3.01. The fourth-order valence-electron chi connectivity index (χ4n) is 4.71. The predicted molar refractivity (Wildman–Crippen MR) is 110 cm³/mol. The number of likely N-dealkylation sites (N-methyl/N-ethyl adjacent to an activating group) is 1. The molecule has 0 aromatic carbocycles. The summed E-state index contributed by atoms with van der Waals surface area (Å²) in [6.45, 7) is 5.94. The summed E-state index contributed by atoms with van der Waals surface area (Å²) in [7, 11) is 0. The van der Waals surface area contributed by atoms with Crippen molar-refractivity contribution in [2.45, 2.75) is 44.7 Å². The Kier molecular flexibility index (Phi) is 5.43. The van der Waals surface area contributed by atoms with Crippen LogP contribution in [0.5, 0.6) is 0 Å². The Hall–Kier alpha value is -2.99. The van der Waals surface area contributed by atoms with E-state index in [1.54, 1.807) is 6.20 Å². The van der Waals surface area contributed by atoms with Crippen LogP contribution in [0, 0.1) is 17.2 Å². The van der Waals surface area contributed by atoms with E-state index in [2.05, 4.69) is 30.8 Å². The second-order valence-corrected chi connectivity index (χ2v) is 8.14. The molecular formula is C21H26FN7O. The summed E-state index contributed by atoms with van der Waals surface area (Å²) in [5.41, 5.74) is 0.906. The summed E-state index contributed by atoms with van der Waals surface area (Å²) < 4.78 is 14.4. The molecule has 3 heterocycles. The zero-order chi connectivity index (χ0) is 21.3. The first-order valence-corrected chi connectivity index (χ1v) is 10.3. The minimum atomic E-state index is -0.821. The van der Waals surface area contributed by atoms with E-state index < -0.39 is 5.54 Å². The van der Waals surface area contributed by atoms with Crippen molar-refractivity contribution in [1.29, 1.82) is 5.26 Å². The summed E-state index contributed by atoms with van der Waals surface area (Å²) in [5.74, 6) is 0.0582. The first-order valence-electron chi connectivity index (χ1n) is 10.3. The van der Waals surface area contributed by atoms with Gasteiger partial charge in [-0.2, -0.15) is 5.26 Å². The van der Waals surface area contributed by atoms with Gasteiger partial charge in [-0.15, -0.1) is 0 Å². The van der Waals surface area contributed by atoms with Gasteiger partial charge in [-0.25, -0.2) is 14.4 Å². The number of nitrogens with one attached hydrogen (secondary N) is 3. The van der Waals surface area contributed by atoms with E-state index in [1.807, 2.05) is 19.9 Å². The number of anilines is 1. The van der Waals surface area contributed by atoms with E-state index >= 15 is 0 Å². The maximum Gasteiger partial charge on any atom is 0.245 e. The average molecular weight is 411 g/mol. The molecule has 2 saturated heterocycles. The van der Waals surface area contributed by atoms with E-state index in [0.717, 1.165) is 25.1 Å². The number of carbonyl (C=O) groups is 1. The molecule has 2 aliphatic heterocycles. The van der Waals surface area contributed by atoms with Crippen LogP contribution in [-0.2, 0) is 4.79 Å². The number of amides is 1. The molecule has 3 atom stereocenters. The van der Waals surface area contributed by atoms with Crippen LogP contribution in [0.15, 0.2) is 35.7 Å². The number of nitriles is 1. The summed E-state index contributed by atoms with van der Waals surface area (Å²) in [4.78, 5) is 23.6. The van der Waals surface area contributed by atoms with Crippen molar-refractivity contribution in [1.82, 2.24) is 25.5 Å². The number of halogens is 1. The highest BCUT2D eigenvalue weighted by Crippen LogP contribution is 2.44. The van der Waals surface area contributed by atoms with Gasteiger partial charge in [0, 0.05) is 37.2 Å². The van der Waals surface area contributed by atoms with Crippen LogP contribution < -0.4 is 16.0 Å². The lowest BCUT2D eigenvalue weighted by atomic mass is 9.78. The minimum Gasteiger partial charge on any atom is -0.384 e. The fourth-order valence-corrected chi connectivity index (χ4v) is 4.71. The Bertz CT molecular complexity index is 936. The summed E-state index contributed by atoms with van der Waals surface area (Å²) >= 11 is 0. The molecule has 3 N–H and O–H groups in total. The monoisotopic (exact) mass is 411 g/mol. The topological polar surface area (TPSA) is 106 Å². The van der Waals surface area contributed by atoms with E-state index in [9.17, 15) is 9.18 Å². The van der Waals surface area contributed by atoms with Crippen LogP contribution in [0.3, 0.4) is 0 Å². The van der Waals surface area contributed by atoms with Gasteiger partial charge in [-0.3, -0.25) is 9.69 Å². The van der Waals surface area contributed by atoms with Crippen LogP contribution in [0.4, 0.5) is 10.2 Å². The standard InChI is InChI=1S/C21H26FN7O/c1-3-24-17-8-13(22)7-16-19(17)28-20(30)21(16,2)29-6-4-5-14(12-29)27-18-11-25-15(9-23)10-26-18/h8,10-11,14,16,24H,3-7,12H2,1-2H3,(H,26,27)(H,28,30)/t14-,16?,21?/m1/s1. The number of hydrogen-bond acceptors (Lipinski definition) is 7. The van der Waals surface area contributed by atoms with Crippen molar-refractivity contribution >= 4 is 11.7 Å². The maximum absolute atomic E-state index is 14.4. The minimum absolute atomic E-state index is 0.0795. The smallest absolute Gasteiger partial charge is 0.245 e. The third-order valence-electron chi connectivity index (χ3n) is 6.29. The highest BCUT2D eigenvalue weighted by atomic mass is 19.1. The third kappa shape index (κ3) is 3.52. The van der Waals surface area contributed by atoms with Gasteiger partial charge < -0.3 is 16.0 Å². The van der Waals surface area contributed by atoms with Gasteiger partial charge in [0.2, 0.25) is 5.91 Å². The Morgan fingerprint density at radius 3 is 2.97 bits per heavy atom. The zero-order valence-corrected chi connectivity index (χ0v) is 17.2. The molecule has 30 heavy (non-hydrogen) atoms. The number of nitrogens with zero attached hydrogens (tertiary/aromatic N) is 4. The Balaban J connectivity index is 1.54. The normalized spacial score (nSPS) is 29.0. The molecule has 0 radical (unpaired) electrons. The molecule has 158 valence electrons. The number of aromatic nitrogens is 2. The van der Waals surface area contributed by atoms with Crippen molar-refractivity contribution < 1.29 is 9.18 Å². The molecule has 0 spiro atoms. The zero-order valence-electron chi connectivity index (χ0n) is 17.2. The molecule has 1 aliphatic carbocycles. The molecule has 1 amide bonds. The van der Waals surface area contributed by atoms with Crippen molar-refractivity contribution in [2.24, 2.45) is 5.92 Å². The molecule has 0 saturated carbocycles. The third-order valence-corrected chi connectivity index (χ3v) is 6.29. The second kappa shape index (κ2) is 8.03. The number of hydrogen-bond donors (Lipinski definition) is 3. The number of piperidine rings is 1. The summed E-state index contributed by atoms with van der Waals surface area (Å²) in [6, 6.07) is 2.04. The number of likely N-dealkylation sites (tertiary alicyclic amines) is 1. The number of carbonyl (C=O) groups excluding carboxylic acids is 1. The van der Waals surface area contributed by atoms with Gasteiger partial charge in [0.25, 0.3) is 0 Å². The van der Waals surface area contributed by atoms with Gasteiger partial charge >= 0.3 is 0 Å². The molecule has 8 nitrogen and oxygen atoms in total. The lowest BCUT2D eigenvalue weighted by Crippen LogP contribution is -2.59. The Morgan fingerprint density at radius 1 is 1.43 bits per heavy atom. The second-order valence-electron chi connectivity index (χ2n) is 8.14. The largest absolute Gasteiger partial charge is 0.384 e. The molecule has 2 fully saturated rings. The number of rotatable bonds is 5. The van der Waals surface area contributed by atoms with Gasteiger partial charge in [-0.05, 0) is 39.3 Å². The highest BCUT2D eigenvalue weighted by Gasteiger charge is 2.55. The lowest BCUT2D eigenvalue weighted by Gasteiger charge is -2.45. The summed E-state index contributed by atoms with van der Waals surface area (Å²) in [6.07, 6.45) is 6.53. The molecule has 0 bridgehead atoms. The van der Waals surface area contributed by atoms with E-state index in [4.69, 9.17) is 5.26 Å². The molecule has 9 heteroatoms. The highest BCUT2D eigenvalue weighted by molar-refractivity contribution is 5.92. The van der Waals surface area contributed by atoms with E-state index in [-0.39, 0.29) is 35.8 Å². The van der Waals surface area contributed by atoms with Gasteiger partial charge in [0.15, 0.2) is 5.69 Å². The molecule has 3 aliphatic rings. The van der Waals surface area contributed by atoms with Crippen LogP contribution in [0.1, 0.15) is 38.8 Å². The molecule has 2 unspecified atom stereocenters. The van der Waals surface area contributed by atoms with Crippen molar-refractivity contribution in [3.63, 3.8) is 0 Å². The molecular weight excluding hydrogens is 385 g/mol. The maximum atomic E-state index is 14.4. The number of allylic oxidation sites excluding steroid dienone is 2. The Morgan fingerprint density at radius 2 is 2.27 bits per heavy atom. The van der Waals surface area contributed by atoms with Crippen molar-refractivity contribution in [2.75, 3.05) is 25.0 Å². The van der Waals surface area contributed by atoms with Crippen LogP contribution in [0.25, 0.3) is 0 Å². The number of fused-ring (bicyclic) bond motifs is 1. The summed E-state index contributed by atoms with van der Waals surface area (Å²) in [5, 5.41) is 18.4. The lowest BCUT2D eigenvalue weighted by molar-refractivity contribution is -0.131. The van der Waals surface area contributed by atoms with Crippen LogP contribution >= 0.6 is 0 Å². The van der Waals surface area contributed by atoms with Gasteiger partial charge in [-0.1, -0.05) is 0 Å². The molecule has 4 rings (SSSR count). The fraction of sp³-hybridized carbons (Fsp3) is 0.524. The van der Waals surface area contributed by atoms with E-state index in [0.29, 0.717) is 24.6 Å². The first kappa shape index (κ1) is 20.3. The van der Waals surface area contributed by atoms with Crippen molar-refractivity contribution in [3.8, 4) is 6.07 Å². The van der Waals surface area contributed by atoms with Crippen molar-refractivity contribution in [3.05, 3.63) is 41.4 Å². The Labute approximate surface area is 175 Å². The molecule has 1 aromatic rings. The van der Waals surface area contributed by atoms with E-state index in [1.165, 1.54) is 12.3 Å². The van der Waals surface area contributed by atoms with Crippen LogP contribution in [-0.4, -0.2) is 52.0 Å². The van der Waals surface area contributed by atoms with Gasteiger partial charge in [0.1, 0.15) is 23.3 Å². The van der Waals surface area contributed by atoms with Gasteiger partial charge in [0.05, 0.1) is 18.1 Å². The predicted octanol–water partition coefficient (Wildman–Crippen LogP) is 1.81. The quantitative estimate of drug-likeness (QED) is 0.678. The SMILES string of the molecule is CCNC1=C2NC(=O)C(C)(N3CCC[C@@H](Nc4cnc(C#N)cn4)C3)C2CC(F)=C1. The molecule has 1 aromatic heterocycles.